The van der Waals surface area contributed by atoms with E-state index in [1.54, 1.807) is 0 Å². The second-order valence-corrected chi connectivity index (χ2v) is 5.99. The molecule has 0 aromatic carbocycles. The molecular formula is C13H21N3S. The van der Waals surface area contributed by atoms with Crippen LogP contribution in [0.25, 0.3) is 0 Å². The van der Waals surface area contributed by atoms with Crippen LogP contribution in [0.15, 0.2) is 5.16 Å². The van der Waals surface area contributed by atoms with E-state index in [0.29, 0.717) is 11.3 Å². The quantitative estimate of drug-likeness (QED) is 0.838. The van der Waals surface area contributed by atoms with Crippen LogP contribution in [-0.4, -0.2) is 28.3 Å². The van der Waals surface area contributed by atoms with Crippen LogP contribution >= 0.6 is 11.8 Å². The number of aryl methyl sites for hydroxylation is 2. The lowest BCUT2D eigenvalue weighted by Gasteiger charge is -2.18. The lowest BCUT2D eigenvalue weighted by Crippen LogP contribution is -2.30. The third-order valence-corrected chi connectivity index (χ3v) is 4.95. The summed E-state index contributed by atoms with van der Waals surface area (Å²) >= 11 is 1.84. The van der Waals surface area contributed by atoms with E-state index >= 15 is 0 Å². The summed E-state index contributed by atoms with van der Waals surface area (Å²) in [6, 6.07) is 0.616. The predicted octanol–water partition coefficient (Wildman–Crippen LogP) is 2.63. The number of rotatable bonds is 3. The van der Waals surface area contributed by atoms with E-state index in [-0.39, 0.29) is 0 Å². The molecule has 1 aliphatic carbocycles. The van der Waals surface area contributed by atoms with Gasteiger partial charge in [0.15, 0.2) is 5.16 Å². The number of nitrogens with one attached hydrogen (secondary N) is 1. The molecule has 2 atom stereocenters. The van der Waals surface area contributed by atoms with Crippen molar-refractivity contribution < 1.29 is 0 Å². The van der Waals surface area contributed by atoms with E-state index in [0.717, 1.165) is 16.5 Å². The summed E-state index contributed by atoms with van der Waals surface area (Å²) in [6.07, 6.45) is 3.86. The number of hydrogen-bond acceptors (Lipinski definition) is 4. The molecule has 0 radical (unpaired) electrons. The Balaban J connectivity index is 2.13. The lowest BCUT2D eigenvalue weighted by molar-refractivity contribution is 0.590. The second kappa shape index (κ2) is 5.36. The summed E-state index contributed by atoms with van der Waals surface area (Å²) in [5.74, 6) is 0. The van der Waals surface area contributed by atoms with Gasteiger partial charge in [0.1, 0.15) is 0 Å². The highest BCUT2D eigenvalue weighted by Gasteiger charge is 2.27. The van der Waals surface area contributed by atoms with Crippen LogP contribution in [0.4, 0.5) is 0 Å². The Morgan fingerprint density at radius 2 is 1.76 bits per heavy atom. The Bertz CT molecular complexity index is 383. The van der Waals surface area contributed by atoms with E-state index in [9.17, 15) is 0 Å². The fourth-order valence-corrected chi connectivity index (χ4v) is 3.70. The summed E-state index contributed by atoms with van der Waals surface area (Å²) < 4.78 is 0. The standard InChI is InChI=1S/C13H21N3S/c1-8-9(2)15-13(16-10(8)3)17-12-7-5-6-11(12)14-4/h11-12,14H,5-7H2,1-4H3. The topological polar surface area (TPSA) is 37.8 Å². The van der Waals surface area contributed by atoms with Crippen molar-refractivity contribution in [3.63, 3.8) is 0 Å². The smallest absolute Gasteiger partial charge is 0.188 e. The first-order chi connectivity index (χ1) is 8.11. The normalized spacial score (nSPS) is 24.2. The Morgan fingerprint density at radius 3 is 2.35 bits per heavy atom. The van der Waals surface area contributed by atoms with Crippen molar-refractivity contribution in [2.75, 3.05) is 7.05 Å². The molecule has 1 aromatic heterocycles. The van der Waals surface area contributed by atoms with Crippen LogP contribution in [0.2, 0.25) is 0 Å². The largest absolute Gasteiger partial charge is 0.316 e. The van der Waals surface area contributed by atoms with Gasteiger partial charge in [-0.2, -0.15) is 0 Å². The molecule has 0 spiro atoms. The summed E-state index contributed by atoms with van der Waals surface area (Å²) in [7, 11) is 2.05. The molecule has 1 heterocycles. The zero-order valence-corrected chi connectivity index (χ0v) is 11.9. The molecule has 1 saturated carbocycles. The monoisotopic (exact) mass is 251 g/mol. The molecule has 1 aliphatic rings. The maximum absolute atomic E-state index is 4.59. The van der Waals surface area contributed by atoms with Crippen LogP contribution in [0.5, 0.6) is 0 Å². The molecule has 0 saturated heterocycles. The minimum atomic E-state index is 0.616. The lowest BCUT2D eigenvalue weighted by atomic mass is 10.2. The van der Waals surface area contributed by atoms with Crippen LogP contribution in [0.3, 0.4) is 0 Å². The molecule has 2 rings (SSSR count). The highest BCUT2D eigenvalue weighted by Crippen LogP contribution is 2.33. The maximum atomic E-state index is 4.59. The number of thioether (sulfide) groups is 1. The highest BCUT2D eigenvalue weighted by molar-refractivity contribution is 7.99. The number of aromatic nitrogens is 2. The predicted molar refractivity (Wildman–Crippen MR) is 72.6 cm³/mol. The molecule has 0 amide bonds. The summed E-state index contributed by atoms with van der Waals surface area (Å²) in [5.41, 5.74) is 3.43. The summed E-state index contributed by atoms with van der Waals surface area (Å²) in [5, 5.41) is 4.97. The van der Waals surface area contributed by atoms with Crippen molar-refractivity contribution in [2.45, 2.75) is 56.5 Å². The van der Waals surface area contributed by atoms with Gasteiger partial charge in [0, 0.05) is 22.7 Å². The van der Waals surface area contributed by atoms with Gasteiger partial charge in [-0.1, -0.05) is 18.2 Å². The summed E-state index contributed by atoms with van der Waals surface area (Å²) in [4.78, 5) is 9.18. The van der Waals surface area contributed by atoms with Gasteiger partial charge < -0.3 is 5.32 Å². The van der Waals surface area contributed by atoms with Gasteiger partial charge in [-0.05, 0) is 46.2 Å². The highest BCUT2D eigenvalue weighted by atomic mass is 32.2. The van der Waals surface area contributed by atoms with E-state index in [4.69, 9.17) is 0 Å². The third-order valence-electron chi connectivity index (χ3n) is 3.69. The van der Waals surface area contributed by atoms with Crippen molar-refractivity contribution in [1.82, 2.24) is 15.3 Å². The first kappa shape index (κ1) is 12.8. The second-order valence-electron chi connectivity index (χ2n) is 4.78. The van der Waals surface area contributed by atoms with E-state index < -0.39 is 0 Å². The zero-order valence-electron chi connectivity index (χ0n) is 11.1. The van der Waals surface area contributed by atoms with Gasteiger partial charge in [-0.25, -0.2) is 9.97 Å². The van der Waals surface area contributed by atoms with Gasteiger partial charge in [0.2, 0.25) is 0 Å². The van der Waals surface area contributed by atoms with Gasteiger partial charge in [-0.3, -0.25) is 0 Å². The first-order valence-electron chi connectivity index (χ1n) is 6.27. The van der Waals surface area contributed by atoms with Crippen LogP contribution in [0.1, 0.15) is 36.2 Å². The maximum Gasteiger partial charge on any atom is 0.188 e. The van der Waals surface area contributed by atoms with Crippen LogP contribution < -0.4 is 5.32 Å². The van der Waals surface area contributed by atoms with Gasteiger partial charge in [-0.15, -0.1) is 0 Å². The van der Waals surface area contributed by atoms with Gasteiger partial charge in [0.25, 0.3) is 0 Å². The SMILES string of the molecule is CNC1CCCC1Sc1nc(C)c(C)c(C)n1. The molecule has 2 unspecified atom stereocenters. The van der Waals surface area contributed by atoms with Crippen LogP contribution in [-0.2, 0) is 0 Å². The molecule has 0 aliphatic heterocycles. The van der Waals surface area contributed by atoms with Crippen LogP contribution in [0, 0.1) is 20.8 Å². The Labute approximate surface area is 108 Å². The number of nitrogens with zero attached hydrogens (tertiary/aromatic N) is 2. The summed E-state index contributed by atoms with van der Waals surface area (Å²) in [6.45, 7) is 6.22. The molecule has 1 aromatic rings. The van der Waals surface area contributed by atoms with Crippen molar-refractivity contribution >= 4 is 11.8 Å². The first-order valence-corrected chi connectivity index (χ1v) is 7.15. The van der Waals surface area contributed by atoms with Gasteiger partial charge >= 0.3 is 0 Å². The molecule has 0 bridgehead atoms. The van der Waals surface area contributed by atoms with Crippen molar-refractivity contribution in [3.05, 3.63) is 17.0 Å². The Kier molecular flexibility index (Phi) is 4.05. The molecule has 3 nitrogen and oxygen atoms in total. The fraction of sp³-hybridized carbons (Fsp3) is 0.692. The molecule has 1 fully saturated rings. The minimum Gasteiger partial charge on any atom is -0.316 e. The average molecular weight is 251 g/mol. The van der Waals surface area contributed by atoms with E-state index in [1.807, 2.05) is 11.8 Å². The van der Waals surface area contributed by atoms with E-state index in [2.05, 4.69) is 43.1 Å². The fourth-order valence-electron chi connectivity index (χ4n) is 2.33. The van der Waals surface area contributed by atoms with Crippen molar-refractivity contribution in [2.24, 2.45) is 0 Å². The Hall–Kier alpha value is -0.610. The molecular weight excluding hydrogens is 230 g/mol. The minimum absolute atomic E-state index is 0.616. The molecule has 17 heavy (non-hydrogen) atoms. The number of hydrogen-bond donors (Lipinski definition) is 1. The molecule has 94 valence electrons. The third kappa shape index (κ3) is 2.80. The van der Waals surface area contributed by atoms with Crippen molar-refractivity contribution in [3.8, 4) is 0 Å². The molecule has 4 heteroatoms. The molecule has 1 N–H and O–H groups in total. The van der Waals surface area contributed by atoms with E-state index in [1.165, 1.54) is 24.8 Å². The van der Waals surface area contributed by atoms with Crippen molar-refractivity contribution in [1.29, 1.82) is 0 Å². The average Bonchev–Trinajstić information content (AvgIpc) is 2.73. The van der Waals surface area contributed by atoms with Gasteiger partial charge in [0.05, 0.1) is 0 Å². The Morgan fingerprint density at radius 1 is 1.12 bits per heavy atom. The zero-order chi connectivity index (χ0) is 12.4.